The van der Waals surface area contributed by atoms with Crippen LogP contribution in [0.25, 0.3) is 11.5 Å². The van der Waals surface area contributed by atoms with E-state index in [9.17, 15) is 14.0 Å². The topological polar surface area (TPSA) is 98.7 Å². The summed E-state index contributed by atoms with van der Waals surface area (Å²) in [4.78, 5) is 30.5. The number of esters is 1. The molecule has 0 spiro atoms. The Kier molecular flexibility index (Phi) is 4.88. The largest absolute Gasteiger partial charge is 0.459 e. The van der Waals surface area contributed by atoms with Gasteiger partial charge in [-0.25, -0.2) is 9.18 Å². The van der Waals surface area contributed by atoms with Gasteiger partial charge in [-0.1, -0.05) is 5.16 Å². The lowest BCUT2D eigenvalue weighted by molar-refractivity contribution is -0.149. The minimum absolute atomic E-state index is 0.176. The molecule has 3 aromatic rings. The first-order valence-electron chi connectivity index (χ1n) is 8.71. The molecule has 1 fully saturated rings. The van der Waals surface area contributed by atoms with E-state index < -0.39 is 12.0 Å². The van der Waals surface area contributed by atoms with E-state index in [1.54, 1.807) is 12.1 Å². The van der Waals surface area contributed by atoms with Crippen LogP contribution in [-0.4, -0.2) is 39.5 Å². The van der Waals surface area contributed by atoms with Crippen LogP contribution >= 0.6 is 0 Å². The van der Waals surface area contributed by atoms with Crippen molar-refractivity contribution >= 4 is 11.9 Å². The van der Waals surface area contributed by atoms with Crippen LogP contribution in [0.1, 0.15) is 29.2 Å². The average molecular weight is 385 g/mol. The standard InChI is InChI=1S/C19H16FN3O5/c20-13-7-5-12(6-8-13)17-21-16(22-28-17)11-27-19(25)14-3-1-9-23(14)18(24)15-4-2-10-26-15/h2,4-8,10,14H,1,3,9,11H2/t14-/m0/s1. The van der Waals surface area contributed by atoms with Crippen molar-refractivity contribution in [2.45, 2.75) is 25.5 Å². The van der Waals surface area contributed by atoms with Crippen molar-refractivity contribution in [1.82, 2.24) is 15.0 Å². The molecule has 0 aliphatic carbocycles. The minimum Gasteiger partial charge on any atom is -0.459 e. The van der Waals surface area contributed by atoms with Crippen LogP contribution in [-0.2, 0) is 16.1 Å². The van der Waals surface area contributed by atoms with Crippen molar-refractivity contribution in [3.05, 3.63) is 60.1 Å². The molecule has 1 saturated heterocycles. The zero-order chi connectivity index (χ0) is 19.5. The predicted octanol–water partition coefficient (Wildman–Crippen LogP) is 2.82. The van der Waals surface area contributed by atoms with Crippen LogP contribution in [0.15, 0.2) is 51.6 Å². The highest BCUT2D eigenvalue weighted by molar-refractivity contribution is 5.94. The van der Waals surface area contributed by atoms with E-state index >= 15 is 0 Å². The molecule has 0 saturated carbocycles. The van der Waals surface area contributed by atoms with Gasteiger partial charge in [0.15, 0.2) is 12.4 Å². The molecule has 1 aromatic carbocycles. The Morgan fingerprint density at radius 2 is 2.07 bits per heavy atom. The SMILES string of the molecule is O=C(OCc1noc(-c2ccc(F)cc2)n1)[C@@H]1CCCN1C(=O)c1ccco1. The second-order valence-electron chi connectivity index (χ2n) is 6.26. The molecule has 8 nitrogen and oxygen atoms in total. The molecule has 9 heteroatoms. The zero-order valence-electron chi connectivity index (χ0n) is 14.7. The normalized spacial score (nSPS) is 16.3. The lowest BCUT2D eigenvalue weighted by Crippen LogP contribution is -2.41. The fourth-order valence-electron chi connectivity index (χ4n) is 3.05. The Hall–Kier alpha value is -3.49. The summed E-state index contributed by atoms with van der Waals surface area (Å²) in [5, 5.41) is 3.76. The van der Waals surface area contributed by atoms with Crippen LogP contribution in [0.5, 0.6) is 0 Å². The summed E-state index contributed by atoms with van der Waals surface area (Å²) in [6, 6.07) is 8.07. The van der Waals surface area contributed by atoms with Crippen molar-refractivity contribution in [2.24, 2.45) is 0 Å². The number of benzene rings is 1. The number of rotatable bonds is 5. The van der Waals surface area contributed by atoms with Crippen LogP contribution in [0.2, 0.25) is 0 Å². The number of halogens is 1. The Morgan fingerprint density at radius 3 is 2.82 bits per heavy atom. The number of furan rings is 1. The highest BCUT2D eigenvalue weighted by Gasteiger charge is 2.36. The lowest BCUT2D eigenvalue weighted by atomic mass is 10.2. The fourth-order valence-corrected chi connectivity index (χ4v) is 3.05. The van der Waals surface area contributed by atoms with Gasteiger partial charge in [-0.3, -0.25) is 4.79 Å². The Bertz CT molecular complexity index is 968. The van der Waals surface area contributed by atoms with Crippen LogP contribution in [0.3, 0.4) is 0 Å². The summed E-state index contributed by atoms with van der Waals surface area (Å²) in [6.45, 7) is 0.263. The van der Waals surface area contributed by atoms with Gasteiger partial charge < -0.3 is 18.6 Å². The van der Waals surface area contributed by atoms with Gasteiger partial charge in [0, 0.05) is 12.1 Å². The van der Waals surface area contributed by atoms with Gasteiger partial charge in [0.1, 0.15) is 11.9 Å². The summed E-state index contributed by atoms with van der Waals surface area (Å²) < 4.78 is 28.5. The maximum absolute atomic E-state index is 13.0. The number of likely N-dealkylation sites (tertiary alicyclic amines) is 1. The van der Waals surface area contributed by atoms with Crippen molar-refractivity contribution in [3.8, 4) is 11.5 Å². The highest BCUT2D eigenvalue weighted by atomic mass is 19.1. The van der Waals surface area contributed by atoms with Gasteiger partial charge in [-0.15, -0.1) is 0 Å². The first-order valence-corrected chi connectivity index (χ1v) is 8.71. The molecule has 2 aromatic heterocycles. The number of aromatic nitrogens is 2. The maximum atomic E-state index is 13.0. The number of hydrogen-bond donors (Lipinski definition) is 0. The number of carbonyl (C=O) groups excluding carboxylic acids is 2. The molecule has 4 rings (SSSR count). The van der Waals surface area contributed by atoms with E-state index in [4.69, 9.17) is 13.7 Å². The zero-order valence-corrected chi connectivity index (χ0v) is 14.7. The van der Waals surface area contributed by atoms with E-state index in [-0.39, 0.29) is 35.8 Å². The van der Waals surface area contributed by atoms with E-state index in [2.05, 4.69) is 10.1 Å². The van der Waals surface area contributed by atoms with Crippen LogP contribution in [0, 0.1) is 5.82 Å². The first-order chi connectivity index (χ1) is 13.6. The second kappa shape index (κ2) is 7.63. The molecule has 144 valence electrons. The number of ether oxygens (including phenoxy) is 1. The van der Waals surface area contributed by atoms with Crippen molar-refractivity contribution in [1.29, 1.82) is 0 Å². The summed E-state index contributed by atoms with van der Waals surface area (Å²) in [6.07, 6.45) is 2.62. The van der Waals surface area contributed by atoms with Gasteiger partial charge >= 0.3 is 5.97 Å². The molecule has 0 N–H and O–H groups in total. The first kappa shape index (κ1) is 17.9. The molecule has 3 heterocycles. The minimum atomic E-state index is -0.680. The lowest BCUT2D eigenvalue weighted by Gasteiger charge is -2.21. The van der Waals surface area contributed by atoms with Gasteiger partial charge in [0.05, 0.1) is 6.26 Å². The smallest absolute Gasteiger partial charge is 0.329 e. The Balaban J connectivity index is 1.37. The second-order valence-corrected chi connectivity index (χ2v) is 6.26. The number of carbonyl (C=O) groups is 2. The van der Waals surface area contributed by atoms with Gasteiger partial charge in [0.2, 0.25) is 5.82 Å². The van der Waals surface area contributed by atoms with Crippen molar-refractivity contribution < 1.29 is 27.7 Å². The summed E-state index contributed by atoms with van der Waals surface area (Å²) in [7, 11) is 0. The van der Waals surface area contributed by atoms with E-state index in [1.807, 2.05) is 0 Å². The van der Waals surface area contributed by atoms with Crippen molar-refractivity contribution in [3.63, 3.8) is 0 Å². The molecule has 28 heavy (non-hydrogen) atoms. The van der Waals surface area contributed by atoms with E-state index in [0.717, 1.165) is 0 Å². The molecule has 0 unspecified atom stereocenters. The van der Waals surface area contributed by atoms with Crippen molar-refractivity contribution in [2.75, 3.05) is 6.54 Å². The molecular weight excluding hydrogens is 369 g/mol. The maximum Gasteiger partial charge on any atom is 0.329 e. The van der Waals surface area contributed by atoms with Gasteiger partial charge in [-0.05, 0) is 49.2 Å². The third-order valence-corrected chi connectivity index (χ3v) is 4.42. The molecule has 1 amide bonds. The monoisotopic (exact) mass is 385 g/mol. The summed E-state index contributed by atoms with van der Waals surface area (Å²) >= 11 is 0. The molecule has 0 bridgehead atoms. The quantitative estimate of drug-likeness (QED) is 0.623. The molecule has 1 aliphatic rings. The van der Waals surface area contributed by atoms with E-state index in [0.29, 0.717) is 24.9 Å². The molecule has 0 radical (unpaired) electrons. The highest BCUT2D eigenvalue weighted by Crippen LogP contribution is 2.22. The number of hydrogen-bond acceptors (Lipinski definition) is 7. The average Bonchev–Trinajstić information content (AvgIpc) is 3.47. The molecule has 1 aliphatic heterocycles. The number of amides is 1. The number of nitrogens with zero attached hydrogens (tertiary/aromatic N) is 3. The van der Waals surface area contributed by atoms with Gasteiger partial charge in [0.25, 0.3) is 11.8 Å². The Labute approximate surface area is 158 Å². The van der Waals surface area contributed by atoms with E-state index in [1.165, 1.54) is 35.4 Å². The fraction of sp³-hybridized carbons (Fsp3) is 0.263. The molecule has 1 atom stereocenters. The molecular formula is C19H16FN3O5. The van der Waals surface area contributed by atoms with Crippen LogP contribution < -0.4 is 0 Å². The summed E-state index contributed by atoms with van der Waals surface area (Å²) in [5.41, 5.74) is 0.553. The predicted molar refractivity (Wildman–Crippen MR) is 92.3 cm³/mol. The van der Waals surface area contributed by atoms with Crippen LogP contribution in [0.4, 0.5) is 4.39 Å². The van der Waals surface area contributed by atoms with Gasteiger partial charge in [-0.2, -0.15) is 4.98 Å². The third-order valence-electron chi connectivity index (χ3n) is 4.42. The third kappa shape index (κ3) is 3.64. The summed E-state index contributed by atoms with van der Waals surface area (Å²) in [5.74, 6) is -0.700. The Morgan fingerprint density at radius 1 is 1.25 bits per heavy atom.